The molecular formula is C11H12FNO4S. The minimum atomic E-state index is -1.24. The van der Waals surface area contributed by atoms with Crippen LogP contribution in [0.5, 0.6) is 0 Å². The van der Waals surface area contributed by atoms with Crippen molar-refractivity contribution in [3.8, 4) is 0 Å². The van der Waals surface area contributed by atoms with Gasteiger partial charge in [-0.05, 0) is 19.1 Å². The summed E-state index contributed by atoms with van der Waals surface area (Å²) in [6.07, 6.45) is 0. The Morgan fingerprint density at radius 1 is 1.50 bits per heavy atom. The zero-order valence-electron chi connectivity index (χ0n) is 9.60. The quantitative estimate of drug-likeness (QED) is 0.482. The highest BCUT2D eigenvalue weighted by atomic mass is 32.2. The largest absolute Gasteiger partial charge is 0.478 e. The summed E-state index contributed by atoms with van der Waals surface area (Å²) in [7, 11) is 0. The Morgan fingerprint density at radius 3 is 2.72 bits per heavy atom. The Labute approximate surface area is 107 Å². The van der Waals surface area contributed by atoms with Crippen LogP contribution in [-0.2, 0) is 9.53 Å². The van der Waals surface area contributed by atoms with Crippen LogP contribution in [0.15, 0.2) is 17.0 Å². The van der Waals surface area contributed by atoms with Crippen LogP contribution in [0.25, 0.3) is 0 Å². The van der Waals surface area contributed by atoms with E-state index < -0.39 is 17.8 Å². The van der Waals surface area contributed by atoms with Gasteiger partial charge in [-0.25, -0.2) is 9.18 Å². The van der Waals surface area contributed by atoms with Crippen LogP contribution >= 0.6 is 11.8 Å². The van der Waals surface area contributed by atoms with Crippen molar-refractivity contribution in [2.24, 2.45) is 0 Å². The van der Waals surface area contributed by atoms with Gasteiger partial charge in [0, 0.05) is 10.6 Å². The zero-order valence-corrected chi connectivity index (χ0v) is 10.4. The number of carboxylic acid groups (broad SMARTS) is 1. The van der Waals surface area contributed by atoms with Gasteiger partial charge >= 0.3 is 11.9 Å². The minimum Gasteiger partial charge on any atom is -0.478 e. The smallest absolute Gasteiger partial charge is 0.337 e. The maximum absolute atomic E-state index is 13.5. The summed E-state index contributed by atoms with van der Waals surface area (Å²) in [6.45, 7) is 1.90. The number of hydrogen-bond donors (Lipinski definition) is 2. The Balaban J connectivity index is 2.86. The number of ether oxygens (including phenoxy) is 1. The van der Waals surface area contributed by atoms with Crippen LogP contribution in [0.4, 0.5) is 10.1 Å². The van der Waals surface area contributed by atoms with Gasteiger partial charge in [0.2, 0.25) is 0 Å². The molecule has 7 heteroatoms. The molecule has 5 nitrogen and oxygen atoms in total. The van der Waals surface area contributed by atoms with E-state index in [4.69, 9.17) is 10.8 Å². The zero-order chi connectivity index (χ0) is 13.7. The minimum absolute atomic E-state index is 0.0506. The van der Waals surface area contributed by atoms with Gasteiger partial charge in [0.1, 0.15) is 5.82 Å². The summed E-state index contributed by atoms with van der Waals surface area (Å²) in [5.41, 5.74) is 5.03. The van der Waals surface area contributed by atoms with Crippen molar-refractivity contribution in [1.29, 1.82) is 0 Å². The maximum Gasteiger partial charge on any atom is 0.337 e. The predicted molar refractivity (Wildman–Crippen MR) is 65.1 cm³/mol. The number of aromatic carboxylic acids is 1. The second-order valence-corrected chi connectivity index (χ2v) is 4.29. The number of nitrogen functional groups attached to an aromatic ring is 1. The molecule has 18 heavy (non-hydrogen) atoms. The molecule has 1 rings (SSSR count). The molecule has 0 aromatic heterocycles. The number of hydrogen-bond acceptors (Lipinski definition) is 5. The number of carboxylic acids is 1. The molecule has 0 amide bonds. The Morgan fingerprint density at radius 2 is 2.17 bits per heavy atom. The third-order valence-electron chi connectivity index (χ3n) is 1.99. The molecule has 0 aliphatic heterocycles. The standard InChI is InChI=1S/C11H12FNO4S/c1-2-17-10(14)5-18-9-3-6(11(15)16)8(13)4-7(9)12/h3-4H,2,5,13H2,1H3,(H,15,16). The molecule has 0 fully saturated rings. The number of esters is 1. The SMILES string of the molecule is CCOC(=O)CSc1cc(C(=O)O)c(N)cc1F. The molecule has 3 N–H and O–H groups in total. The summed E-state index contributed by atoms with van der Waals surface area (Å²) in [5.74, 6) is -2.49. The Bertz CT molecular complexity index is 478. The van der Waals surface area contributed by atoms with E-state index in [0.717, 1.165) is 23.9 Å². The van der Waals surface area contributed by atoms with Gasteiger partial charge in [0.05, 0.1) is 17.9 Å². The second-order valence-electron chi connectivity index (χ2n) is 3.27. The van der Waals surface area contributed by atoms with E-state index in [9.17, 15) is 14.0 Å². The predicted octanol–water partition coefficient (Wildman–Crippen LogP) is 1.76. The molecule has 0 heterocycles. The van der Waals surface area contributed by atoms with Crippen LogP contribution in [0.3, 0.4) is 0 Å². The lowest BCUT2D eigenvalue weighted by Crippen LogP contribution is -2.08. The molecule has 0 saturated heterocycles. The van der Waals surface area contributed by atoms with E-state index in [0.29, 0.717) is 0 Å². The first kappa shape index (κ1) is 14.3. The van der Waals surface area contributed by atoms with Gasteiger partial charge in [-0.15, -0.1) is 11.8 Å². The highest BCUT2D eigenvalue weighted by molar-refractivity contribution is 8.00. The fraction of sp³-hybridized carbons (Fsp3) is 0.273. The van der Waals surface area contributed by atoms with Crippen LogP contribution in [0.1, 0.15) is 17.3 Å². The third-order valence-corrected chi connectivity index (χ3v) is 2.99. The van der Waals surface area contributed by atoms with Crippen molar-refractivity contribution in [2.45, 2.75) is 11.8 Å². The highest BCUT2D eigenvalue weighted by Gasteiger charge is 2.14. The van der Waals surface area contributed by atoms with Crippen molar-refractivity contribution in [3.63, 3.8) is 0 Å². The number of benzene rings is 1. The van der Waals surface area contributed by atoms with Crippen LogP contribution < -0.4 is 5.73 Å². The highest BCUT2D eigenvalue weighted by Crippen LogP contribution is 2.26. The van der Waals surface area contributed by atoms with Crippen molar-refractivity contribution in [1.82, 2.24) is 0 Å². The lowest BCUT2D eigenvalue weighted by molar-refractivity contribution is -0.139. The molecular weight excluding hydrogens is 261 g/mol. The summed E-state index contributed by atoms with van der Waals surface area (Å²) in [5, 5.41) is 8.84. The van der Waals surface area contributed by atoms with E-state index in [2.05, 4.69) is 4.74 Å². The second kappa shape index (κ2) is 6.25. The number of nitrogens with two attached hydrogens (primary N) is 1. The number of anilines is 1. The average molecular weight is 273 g/mol. The fourth-order valence-corrected chi connectivity index (χ4v) is 1.96. The monoisotopic (exact) mass is 273 g/mol. The van der Waals surface area contributed by atoms with Crippen molar-refractivity contribution < 1.29 is 23.8 Å². The summed E-state index contributed by atoms with van der Waals surface area (Å²) in [6, 6.07) is 2.04. The van der Waals surface area contributed by atoms with E-state index >= 15 is 0 Å². The van der Waals surface area contributed by atoms with Crippen molar-refractivity contribution in [2.75, 3.05) is 18.1 Å². The summed E-state index contributed by atoms with van der Waals surface area (Å²) >= 11 is 0.867. The van der Waals surface area contributed by atoms with Crippen molar-refractivity contribution >= 4 is 29.4 Å². The number of thioether (sulfide) groups is 1. The number of carbonyl (C=O) groups excluding carboxylic acids is 1. The van der Waals surface area contributed by atoms with E-state index in [1.807, 2.05) is 0 Å². The molecule has 0 spiro atoms. The first-order valence-corrected chi connectivity index (χ1v) is 6.05. The van der Waals surface area contributed by atoms with E-state index in [-0.39, 0.29) is 28.5 Å². The third kappa shape index (κ3) is 3.63. The molecule has 0 radical (unpaired) electrons. The molecule has 0 aliphatic rings. The van der Waals surface area contributed by atoms with Gasteiger partial charge in [-0.1, -0.05) is 0 Å². The van der Waals surface area contributed by atoms with Gasteiger partial charge in [0.25, 0.3) is 0 Å². The molecule has 98 valence electrons. The van der Waals surface area contributed by atoms with Gasteiger partial charge in [0.15, 0.2) is 0 Å². The fourth-order valence-electron chi connectivity index (χ4n) is 1.20. The van der Waals surface area contributed by atoms with Crippen LogP contribution in [0.2, 0.25) is 0 Å². The average Bonchev–Trinajstić information content (AvgIpc) is 2.27. The molecule has 0 saturated carbocycles. The number of halogens is 1. The van der Waals surface area contributed by atoms with E-state index in [1.165, 1.54) is 0 Å². The van der Waals surface area contributed by atoms with Crippen LogP contribution in [-0.4, -0.2) is 29.4 Å². The lowest BCUT2D eigenvalue weighted by Gasteiger charge is -2.07. The Hall–Kier alpha value is -1.76. The molecule has 0 atom stereocenters. The summed E-state index contributed by atoms with van der Waals surface area (Å²) in [4.78, 5) is 22.0. The molecule has 1 aromatic carbocycles. The Kier molecular flexibility index (Phi) is 4.96. The maximum atomic E-state index is 13.5. The first-order chi connectivity index (χ1) is 8.45. The van der Waals surface area contributed by atoms with Gasteiger partial charge in [-0.3, -0.25) is 4.79 Å². The lowest BCUT2D eigenvalue weighted by atomic mass is 10.2. The topological polar surface area (TPSA) is 89.6 Å². The first-order valence-electron chi connectivity index (χ1n) is 5.06. The summed E-state index contributed by atoms with van der Waals surface area (Å²) < 4.78 is 18.2. The van der Waals surface area contributed by atoms with Gasteiger partial charge in [-0.2, -0.15) is 0 Å². The van der Waals surface area contributed by atoms with Crippen LogP contribution in [0, 0.1) is 5.82 Å². The normalized spacial score (nSPS) is 10.1. The molecule has 0 aliphatic carbocycles. The molecule has 0 bridgehead atoms. The van der Waals surface area contributed by atoms with E-state index in [1.54, 1.807) is 6.92 Å². The van der Waals surface area contributed by atoms with Crippen molar-refractivity contribution in [3.05, 3.63) is 23.5 Å². The molecule has 0 unspecified atom stereocenters. The number of carbonyl (C=O) groups is 2. The van der Waals surface area contributed by atoms with Gasteiger partial charge < -0.3 is 15.6 Å². The number of rotatable bonds is 5. The molecule has 1 aromatic rings.